The minimum Gasteiger partial charge on any atom is -0.449 e. The molecule has 0 rings (SSSR count). The van der Waals surface area contributed by atoms with Crippen LogP contribution in [0.25, 0.3) is 0 Å². The number of carbonyl (C=O) groups excluding carboxylic acids is 1. The fraction of sp³-hybridized carbons (Fsp3) is 0.333. The molecule has 0 aromatic rings. The second-order valence-corrected chi connectivity index (χ2v) is 1.73. The third-order valence-corrected chi connectivity index (χ3v) is 0.655. The van der Waals surface area contributed by atoms with E-state index in [1.165, 1.54) is 13.8 Å². The van der Waals surface area contributed by atoms with Crippen molar-refractivity contribution in [3.8, 4) is 0 Å². The molecule has 0 aliphatic rings. The number of carboxylic acid groups (broad SMARTS) is 1. The lowest BCUT2D eigenvalue weighted by Gasteiger charge is -1.95. The molecule has 4 heteroatoms. The summed E-state index contributed by atoms with van der Waals surface area (Å²) in [5, 5.41) is 8.02. The van der Waals surface area contributed by atoms with Crippen LogP contribution in [0.15, 0.2) is 11.8 Å². The van der Waals surface area contributed by atoms with Crippen molar-refractivity contribution < 1.29 is 19.4 Å². The van der Waals surface area contributed by atoms with Crippen LogP contribution < -0.4 is 0 Å². The number of allylic oxidation sites excluding steroid dienone is 2. The van der Waals surface area contributed by atoms with Gasteiger partial charge in [-0.25, -0.2) is 4.79 Å². The van der Waals surface area contributed by atoms with Crippen LogP contribution in [0.4, 0.5) is 4.79 Å². The van der Waals surface area contributed by atoms with Gasteiger partial charge in [-0.2, -0.15) is 0 Å². The lowest BCUT2D eigenvalue weighted by molar-refractivity contribution is -0.112. The predicted molar refractivity (Wildman–Crippen MR) is 33.5 cm³/mol. The summed E-state index contributed by atoms with van der Waals surface area (Å²) in [6.45, 7) is 2.71. The van der Waals surface area contributed by atoms with Crippen molar-refractivity contribution in [1.82, 2.24) is 0 Å². The van der Waals surface area contributed by atoms with Crippen LogP contribution in [0, 0.1) is 0 Å². The molecule has 0 aromatic carbocycles. The van der Waals surface area contributed by atoms with Crippen LogP contribution in [0.5, 0.6) is 0 Å². The summed E-state index contributed by atoms with van der Waals surface area (Å²) < 4.78 is 4.12. The van der Waals surface area contributed by atoms with Crippen molar-refractivity contribution in [3.05, 3.63) is 11.8 Å². The van der Waals surface area contributed by atoms with Crippen molar-refractivity contribution in [2.45, 2.75) is 13.8 Å². The molecule has 4 nitrogen and oxygen atoms in total. The number of hydrogen-bond donors (Lipinski definition) is 1. The molecule has 0 saturated carbocycles. The van der Waals surface area contributed by atoms with E-state index in [0.29, 0.717) is 0 Å². The maximum atomic E-state index is 10.3. The second kappa shape index (κ2) is 3.66. The van der Waals surface area contributed by atoms with Crippen molar-refractivity contribution >= 4 is 11.9 Å². The van der Waals surface area contributed by atoms with Gasteiger partial charge in [-0.05, 0) is 13.8 Å². The number of rotatable bonds is 2. The molecule has 10 heavy (non-hydrogen) atoms. The van der Waals surface area contributed by atoms with Gasteiger partial charge in [-0.3, -0.25) is 4.79 Å². The molecule has 0 heterocycles. The lowest BCUT2D eigenvalue weighted by atomic mass is 10.4. The third-order valence-electron chi connectivity index (χ3n) is 0.655. The van der Waals surface area contributed by atoms with Gasteiger partial charge in [-0.1, -0.05) is 0 Å². The van der Waals surface area contributed by atoms with E-state index >= 15 is 0 Å². The van der Waals surface area contributed by atoms with Crippen LogP contribution in [0.1, 0.15) is 13.8 Å². The summed E-state index contributed by atoms with van der Waals surface area (Å²) in [6.07, 6.45) is -0.302. The molecule has 0 saturated heterocycles. The zero-order valence-corrected chi connectivity index (χ0v) is 5.75. The van der Waals surface area contributed by atoms with Crippen LogP contribution in [-0.4, -0.2) is 17.0 Å². The van der Waals surface area contributed by atoms with Gasteiger partial charge >= 0.3 is 6.16 Å². The predicted octanol–water partition coefficient (Wildman–Crippen LogP) is 1.17. The fourth-order valence-electron chi connectivity index (χ4n) is 0.453. The highest BCUT2D eigenvalue weighted by atomic mass is 16.7. The van der Waals surface area contributed by atoms with Gasteiger partial charge in [0.25, 0.3) is 0 Å². The molecule has 0 unspecified atom stereocenters. The first-order valence-electron chi connectivity index (χ1n) is 2.62. The quantitative estimate of drug-likeness (QED) is 0.359. The molecule has 0 atom stereocenters. The molecule has 0 aliphatic carbocycles. The lowest BCUT2D eigenvalue weighted by Crippen LogP contribution is -1.98. The first-order chi connectivity index (χ1) is 4.52. The third kappa shape index (κ3) is 4.83. The largest absolute Gasteiger partial charge is 0.511 e. The average molecular weight is 144 g/mol. The molecule has 0 aromatic heterocycles. The van der Waals surface area contributed by atoms with Gasteiger partial charge in [0.1, 0.15) is 5.76 Å². The van der Waals surface area contributed by atoms with Gasteiger partial charge < -0.3 is 9.84 Å². The maximum absolute atomic E-state index is 10.3. The topological polar surface area (TPSA) is 63.6 Å². The first-order valence-corrected chi connectivity index (χ1v) is 2.62. The molecule has 1 N–H and O–H groups in total. The van der Waals surface area contributed by atoms with Crippen LogP contribution in [-0.2, 0) is 9.53 Å². The Kier molecular flexibility index (Phi) is 3.17. The zero-order valence-electron chi connectivity index (χ0n) is 5.75. The first kappa shape index (κ1) is 8.68. The smallest absolute Gasteiger partial charge is 0.449 e. The Morgan fingerprint density at radius 2 is 1.90 bits per heavy atom. The van der Waals surface area contributed by atoms with E-state index in [1.807, 2.05) is 0 Å². The summed E-state index contributed by atoms with van der Waals surface area (Å²) in [7, 11) is 0. The highest BCUT2D eigenvalue weighted by Crippen LogP contribution is 1.94. The number of carbonyl (C=O) groups is 2. The van der Waals surface area contributed by atoms with E-state index in [9.17, 15) is 9.59 Å². The number of ketones is 1. The van der Waals surface area contributed by atoms with Crippen LogP contribution in [0.3, 0.4) is 0 Å². The second-order valence-electron chi connectivity index (χ2n) is 1.73. The monoisotopic (exact) mass is 144 g/mol. The van der Waals surface area contributed by atoms with E-state index in [1.54, 1.807) is 0 Å². The SMILES string of the molecule is CC(=O)/C=C(/C)OC(=O)O. The van der Waals surface area contributed by atoms with Gasteiger partial charge in [0.05, 0.1) is 0 Å². The Labute approximate surface area is 58.1 Å². The Morgan fingerprint density at radius 3 is 2.20 bits per heavy atom. The Morgan fingerprint density at radius 1 is 1.40 bits per heavy atom. The molecular weight excluding hydrogens is 136 g/mol. The van der Waals surface area contributed by atoms with Crippen molar-refractivity contribution in [2.75, 3.05) is 0 Å². The molecule has 0 aliphatic heterocycles. The average Bonchev–Trinajstić information content (AvgIpc) is 1.58. The minimum atomic E-state index is -1.41. The van der Waals surface area contributed by atoms with Gasteiger partial charge in [-0.15, -0.1) is 0 Å². The van der Waals surface area contributed by atoms with E-state index in [0.717, 1.165) is 6.08 Å². The number of hydrogen-bond acceptors (Lipinski definition) is 3. The molecular formula is C6H8O4. The van der Waals surface area contributed by atoms with Crippen molar-refractivity contribution in [3.63, 3.8) is 0 Å². The van der Waals surface area contributed by atoms with E-state index in [-0.39, 0.29) is 11.5 Å². The molecule has 56 valence electrons. The molecule has 0 radical (unpaired) electrons. The Hall–Kier alpha value is -1.32. The van der Waals surface area contributed by atoms with Gasteiger partial charge in [0.15, 0.2) is 5.78 Å². The van der Waals surface area contributed by atoms with E-state index in [2.05, 4.69) is 4.74 Å². The molecule has 0 bridgehead atoms. The summed E-state index contributed by atoms with van der Waals surface area (Å²) in [5.74, 6) is -0.154. The maximum Gasteiger partial charge on any atom is 0.511 e. The number of ether oxygens (including phenoxy) is 1. The van der Waals surface area contributed by atoms with Crippen LogP contribution in [0.2, 0.25) is 0 Å². The Balaban J connectivity index is 3.95. The van der Waals surface area contributed by atoms with Gasteiger partial charge in [0.2, 0.25) is 0 Å². The molecule has 0 amide bonds. The van der Waals surface area contributed by atoms with Crippen molar-refractivity contribution in [2.24, 2.45) is 0 Å². The molecule has 0 fully saturated rings. The zero-order chi connectivity index (χ0) is 8.15. The molecule has 0 spiro atoms. The summed E-state index contributed by atoms with van der Waals surface area (Å²) in [6, 6.07) is 0. The summed E-state index contributed by atoms with van der Waals surface area (Å²) in [5.41, 5.74) is 0. The van der Waals surface area contributed by atoms with E-state index in [4.69, 9.17) is 5.11 Å². The van der Waals surface area contributed by atoms with E-state index < -0.39 is 6.16 Å². The van der Waals surface area contributed by atoms with Crippen molar-refractivity contribution in [1.29, 1.82) is 0 Å². The van der Waals surface area contributed by atoms with Gasteiger partial charge in [0, 0.05) is 6.08 Å². The summed E-state index contributed by atoms with van der Waals surface area (Å²) in [4.78, 5) is 20.1. The fourth-order valence-corrected chi connectivity index (χ4v) is 0.453. The summed E-state index contributed by atoms with van der Waals surface area (Å²) >= 11 is 0. The van der Waals surface area contributed by atoms with Crippen LogP contribution >= 0.6 is 0 Å². The minimum absolute atomic E-state index is 0.0833. The highest BCUT2D eigenvalue weighted by Gasteiger charge is 1.98. The Bertz CT molecular complexity index is 180. The standard InChI is InChI=1S/C6H8O4/c1-4(7)3-5(2)10-6(8)9/h3H,1-2H3,(H,8,9)/b5-3-. The normalized spacial score (nSPS) is 10.8. The highest BCUT2D eigenvalue weighted by molar-refractivity contribution is 5.87.